The average Bonchev–Trinajstić information content (AvgIpc) is 2.60. The van der Waals surface area contributed by atoms with Gasteiger partial charge in [0.05, 0.1) is 18.8 Å². The second-order valence-corrected chi connectivity index (χ2v) is 3.58. The Morgan fingerprint density at radius 3 is 2.83 bits per heavy atom. The molecule has 2 rings (SSSR count). The lowest BCUT2D eigenvalue weighted by Gasteiger charge is -2.33. The Balaban J connectivity index is 2.12. The van der Waals surface area contributed by atoms with Crippen LogP contribution in [0.5, 0.6) is 0 Å². The van der Waals surface area contributed by atoms with Crippen LogP contribution in [-0.4, -0.2) is 45.4 Å². The van der Waals surface area contributed by atoms with Crippen LogP contribution in [0.4, 0.5) is 0 Å². The van der Waals surface area contributed by atoms with Crippen molar-refractivity contribution in [2.24, 2.45) is 0 Å². The van der Waals surface area contributed by atoms with Crippen molar-refractivity contribution in [3.63, 3.8) is 0 Å². The molecular formula is C8H13BO3. The minimum absolute atomic E-state index is 0.0519. The van der Waals surface area contributed by atoms with E-state index in [-0.39, 0.29) is 23.8 Å². The molecule has 3 nitrogen and oxygen atoms in total. The van der Waals surface area contributed by atoms with Crippen molar-refractivity contribution in [2.45, 2.75) is 37.2 Å². The van der Waals surface area contributed by atoms with E-state index < -0.39 is 0 Å². The molecule has 0 aliphatic carbocycles. The van der Waals surface area contributed by atoms with Crippen molar-refractivity contribution in [3.05, 3.63) is 0 Å². The zero-order valence-electron chi connectivity index (χ0n) is 7.45. The van der Waals surface area contributed by atoms with Gasteiger partial charge in [0.1, 0.15) is 13.4 Å². The first-order valence-electron chi connectivity index (χ1n) is 4.26. The largest absolute Gasteiger partial charge is 0.379 e. The van der Waals surface area contributed by atoms with Gasteiger partial charge in [-0.25, -0.2) is 0 Å². The van der Waals surface area contributed by atoms with E-state index in [1.54, 1.807) is 7.11 Å². The lowest BCUT2D eigenvalue weighted by molar-refractivity contribution is -0.161. The minimum atomic E-state index is -0.279. The Morgan fingerprint density at radius 1 is 1.67 bits per heavy atom. The van der Waals surface area contributed by atoms with E-state index in [1.165, 1.54) is 0 Å². The summed E-state index contributed by atoms with van der Waals surface area (Å²) >= 11 is 0. The maximum absolute atomic E-state index is 5.69. The van der Waals surface area contributed by atoms with Crippen LogP contribution in [0, 0.1) is 0 Å². The number of hydrogen-bond donors (Lipinski definition) is 0. The summed E-state index contributed by atoms with van der Waals surface area (Å²) < 4.78 is 16.3. The van der Waals surface area contributed by atoms with Gasteiger partial charge in [0.15, 0.2) is 0 Å². The number of ether oxygens (including phenoxy) is 3. The highest BCUT2D eigenvalue weighted by molar-refractivity contribution is 6.11. The van der Waals surface area contributed by atoms with Gasteiger partial charge in [-0.05, 0) is 6.92 Å². The fraction of sp³-hybridized carbons (Fsp3) is 1.00. The fourth-order valence-electron chi connectivity index (χ4n) is 1.94. The molecule has 2 radical (unpaired) electrons. The van der Waals surface area contributed by atoms with Crippen LogP contribution >= 0.6 is 0 Å². The average molecular weight is 168 g/mol. The number of methoxy groups -OCH3 is 1. The minimum Gasteiger partial charge on any atom is -0.379 e. The molecule has 66 valence electrons. The first-order valence-corrected chi connectivity index (χ1v) is 4.26. The molecule has 0 amide bonds. The normalized spacial score (nSPS) is 48.2. The topological polar surface area (TPSA) is 27.7 Å². The van der Waals surface area contributed by atoms with Crippen molar-refractivity contribution in [1.29, 1.82) is 0 Å². The fourth-order valence-corrected chi connectivity index (χ4v) is 1.94. The van der Waals surface area contributed by atoms with Crippen LogP contribution in [0.3, 0.4) is 0 Å². The molecule has 2 saturated heterocycles. The maximum atomic E-state index is 5.69. The predicted molar refractivity (Wildman–Crippen MR) is 44.2 cm³/mol. The third-order valence-corrected chi connectivity index (χ3v) is 2.92. The molecule has 0 N–H and O–H groups in total. The van der Waals surface area contributed by atoms with Crippen molar-refractivity contribution in [1.82, 2.24) is 0 Å². The van der Waals surface area contributed by atoms with Crippen molar-refractivity contribution >= 4 is 7.85 Å². The maximum Gasteiger partial charge on any atom is 0.119 e. The van der Waals surface area contributed by atoms with E-state index in [9.17, 15) is 0 Å². The highest BCUT2D eigenvalue weighted by Crippen LogP contribution is 2.41. The molecule has 4 heteroatoms. The van der Waals surface area contributed by atoms with Gasteiger partial charge in [-0.3, -0.25) is 0 Å². The Bertz CT molecular complexity index is 183. The second kappa shape index (κ2) is 2.72. The molecule has 12 heavy (non-hydrogen) atoms. The van der Waals surface area contributed by atoms with E-state index in [0.717, 1.165) is 6.42 Å². The predicted octanol–water partition coefficient (Wildman–Crippen LogP) is 0.0738. The van der Waals surface area contributed by atoms with Crippen molar-refractivity contribution < 1.29 is 14.2 Å². The third kappa shape index (κ3) is 1.02. The molecule has 4 atom stereocenters. The number of rotatable bonds is 2. The Kier molecular flexibility index (Phi) is 1.94. The van der Waals surface area contributed by atoms with E-state index in [4.69, 9.17) is 22.1 Å². The SMILES string of the molecule is [B][C@@H]1O[C@@]2(C(C)OC)COC1C2. The molecule has 0 aromatic heterocycles. The molecule has 0 spiro atoms. The first-order chi connectivity index (χ1) is 5.68. The molecule has 0 aromatic carbocycles. The van der Waals surface area contributed by atoms with E-state index in [1.807, 2.05) is 6.92 Å². The number of fused-ring (bicyclic) bond motifs is 2. The quantitative estimate of drug-likeness (QED) is 0.546. The Labute approximate surface area is 73.8 Å². The summed E-state index contributed by atoms with van der Waals surface area (Å²) in [5, 5.41) is 0. The molecule has 2 aliphatic rings. The van der Waals surface area contributed by atoms with Crippen LogP contribution in [0.25, 0.3) is 0 Å². The zero-order chi connectivity index (χ0) is 8.77. The Hall–Kier alpha value is -0.0551. The first kappa shape index (κ1) is 8.54. The van der Waals surface area contributed by atoms with Gasteiger partial charge in [-0.2, -0.15) is 0 Å². The van der Waals surface area contributed by atoms with E-state index in [0.29, 0.717) is 6.61 Å². The van der Waals surface area contributed by atoms with E-state index >= 15 is 0 Å². The summed E-state index contributed by atoms with van der Waals surface area (Å²) in [7, 11) is 7.38. The van der Waals surface area contributed by atoms with Gasteiger partial charge in [-0.1, -0.05) is 0 Å². The van der Waals surface area contributed by atoms with Crippen LogP contribution in [0.1, 0.15) is 13.3 Å². The summed E-state index contributed by atoms with van der Waals surface area (Å²) in [6.45, 7) is 2.60. The highest BCUT2D eigenvalue weighted by atomic mass is 16.6. The van der Waals surface area contributed by atoms with Gasteiger partial charge in [-0.15, -0.1) is 0 Å². The Morgan fingerprint density at radius 2 is 2.42 bits per heavy atom. The molecule has 2 bridgehead atoms. The summed E-state index contributed by atoms with van der Waals surface area (Å²) in [6.07, 6.45) is 0.988. The van der Waals surface area contributed by atoms with Gasteiger partial charge in [0.25, 0.3) is 0 Å². The molecule has 2 fully saturated rings. The van der Waals surface area contributed by atoms with Crippen LogP contribution in [-0.2, 0) is 14.2 Å². The monoisotopic (exact) mass is 168 g/mol. The van der Waals surface area contributed by atoms with Gasteiger partial charge >= 0.3 is 0 Å². The smallest absolute Gasteiger partial charge is 0.119 e. The lowest BCUT2D eigenvalue weighted by atomic mass is 9.92. The van der Waals surface area contributed by atoms with Gasteiger partial charge in [0, 0.05) is 19.5 Å². The molecule has 0 aromatic rings. The summed E-state index contributed by atoms with van der Waals surface area (Å²) in [4.78, 5) is 0. The summed E-state index contributed by atoms with van der Waals surface area (Å²) in [5.74, 6) is 0. The summed E-state index contributed by atoms with van der Waals surface area (Å²) in [6, 6.07) is -0.267. The lowest BCUT2D eigenvalue weighted by Crippen LogP contribution is -2.46. The van der Waals surface area contributed by atoms with Gasteiger partial charge < -0.3 is 14.2 Å². The highest BCUT2D eigenvalue weighted by Gasteiger charge is 2.54. The molecule has 2 unspecified atom stereocenters. The standard InChI is InChI=1S/C8H13BO3/c1-5(10-2)8-3-6(11-4-8)7(9)12-8/h5-7H,3-4H2,1-2H3/t5?,6?,7-,8-/m1/s1. The van der Waals surface area contributed by atoms with E-state index in [2.05, 4.69) is 0 Å². The molecule has 2 aliphatic heterocycles. The zero-order valence-corrected chi connectivity index (χ0v) is 7.45. The van der Waals surface area contributed by atoms with Crippen LogP contribution < -0.4 is 0 Å². The van der Waals surface area contributed by atoms with Crippen molar-refractivity contribution in [2.75, 3.05) is 13.7 Å². The second-order valence-electron chi connectivity index (χ2n) is 3.58. The van der Waals surface area contributed by atoms with Crippen LogP contribution in [0.2, 0.25) is 0 Å². The molecular weight excluding hydrogens is 155 g/mol. The molecule has 2 heterocycles. The molecule has 0 saturated carbocycles. The van der Waals surface area contributed by atoms with Crippen molar-refractivity contribution in [3.8, 4) is 0 Å². The third-order valence-electron chi connectivity index (χ3n) is 2.92. The van der Waals surface area contributed by atoms with Crippen LogP contribution in [0.15, 0.2) is 0 Å². The summed E-state index contributed by atoms with van der Waals surface area (Å²) in [5.41, 5.74) is -0.279. The number of hydrogen-bond acceptors (Lipinski definition) is 3. The van der Waals surface area contributed by atoms with Gasteiger partial charge in [0.2, 0.25) is 0 Å².